The zero-order valence-corrected chi connectivity index (χ0v) is 28.5. The number of nitrogens with one attached hydrogen (secondary N) is 1. The summed E-state index contributed by atoms with van der Waals surface area (Å²) < 4.78 is 2.07. The maximum absolute atomic E-state index is 13.7. The van der Waals surface area contributed by atoms with Crippen LogP contribution in [0.1, 0.15) is 63.2 Å². The predicted molar refractivity (Wildman–Crippen MR) is 189 cm³/mol. The molecule has 3 aliphatic rings. The summed E-state index contributed by atoms with van der Waals surface area (Å²) in [6.45, 7) is 7.65. The van der Waals surface area contributed by atoms with Gasteiger partial charge in [0, 0.05) is 64.8 Å². The van der Waals surface area contributed by atoms with Gasteiger partial charge in [-0.25, -0.2) is 4.98 Å². The van der Waals surface area contributed by atoms with Crippen molar-refractivity contribution in [3.63, 3.8) is 0 Å². The number of carbonyl (C=O) groups excluding carboxylic acids is 2. The van der Waals surface area contributed by atoms with Crippen molar-refractivity contribution >= 4 is 46.2 Å². The van der Waals surface area contributed by atoms with Gasteiger partial charge in [-0.1, -0.05) is 41.9 Å². The van der Waals surface area contributed by atoms with E-state index in [0.717, 1.165) is 74.3 Å². The Kier molecular flexibility index (Phi) is 7.72. The largest absolute Gasteiger partial charge is 0.354 e. The summed E-state index contributed by atoms with van der Waals surface area (Å²) in [7, 11) is 0. The van der Waals surface area contributed by atoms with E-state index < -0.39 is 6.04 Å². The number of rotatable bonds is 6. The number of anilines is 1. The van der Waals surface area contributed by atoms with Crippen molar-refractivity contribution in [1.29, 1.82) is 0 Å². The number of thiophene rings is 1. The SMILES string of the molecule is Cc1sc2c(c1C)C(c1ccc(Cl)cc1)=N[C@@H](CC(=O)NC1CCN(c3ccc(-c4ccc5c(c4)CC(=O)C5)cn3)C1)c1nnc(C)n1-2. The molecule has 3 aromatic heterocycles. The van der Waals surface area contributed by atoms with E-state index in [4.69, 9.17) is 21.6 Å². The van der Waals surface area contributed by atoms with E-state index in [0.29, 0.717) is 30.2 Å². The second-order valence-corrected chi connectivity index (χ2v) is 14.5. The van der Waals surface area contributed by atoms with Crippen LogP contribution >= 0.6 is 22.9 Å². The van der Waals surface area contributed by atoms with Crippen molar-refractivity contribution < 1.29 is 9.59 Å². The third-order valence-electron chi connectivity index (χ3n) is 9.68. The molecule has 242 valence electrons. The molecule has 5 heterocycles. The Morgan fingerprint density at radius 3 is 2.54 bits per heavy atom. The van der Waals surface area contributed by atoms with E-state index in [1.54, 1.807) is 11.3 Å². The molecule has 1 amide bonds. The van der Waals surface area contributed by atoms with Crippen LogP contribution in [0.15, 0.2) is 65.8 Å². The van der Waals surface area contributed by atoms with Gasteiger partial charge in [-0.3, -0.25) is 19.1 Å². The molecule has 48 heavy (non-hydrogen) atoms. The number of hydrogen-bond acceptors (Lipinski definition) is 8. The number of ketones is 1. The molecule has 2 aromatic carbocycles. The summed E-state index contributed by atoms with van der Waals surface area (Å²) in [6.07, 6.45) is 3.92. The van der Waals surface area contributed by atoms with Gasteiger partial charge in [0.2, 0.25) is 5.91 Å². The summed E-state index contributed by atoms with van der Waals surface area (Å²) in [5.41, 5.74) is 8.32. The highest BCUT2D eigenvalue weighted by Gasteiger charge is 2.33. The first-order valence-corrected chi connectivity index (χ1v) is 17.4. The molecule has 2 aliphatic heterocycles. The normalized spacial score (nSPS) is 18.3. The number of carbonyl (C=O) groups is 2. The van der Waals surface area contributed by atoms with Gasteiger partial charge >= 0.3 is 0 Å². The van der Waals surface area contributed by atoms with E-state index in [1.165, 1.54) is 4.88 Å². The van der Waals surface area contributed by atoms with Gasteiger partial charge in [-0.2, -0.15) is 0 Å². The molecule has 5 aromatic rings. The summed E-state index contributed by atoms with van der Waals surface area (Å²) in [5, 5.41) is 13.9. The van der Waals surface area contributed by atoms with Crippen molar-refractivity contribution in [1.82, 2.24) is 25.1 Å². The number of aromatic nitrogens is 4. The molecule has 1 unspecified atom stereocenters. The Labute approximate surface area is 287 Å². The van der Waals surface area contributed by atoms with Gasteiger partial charge in [-0.05, 0) is 73.7 Å². The van der Waals surface area contributed by atoms with Crippen molar-refractivity contribution in [2.24, 2.45) is 4.99 Å². The first kappa shape index (κ1) is 30.7. The Bertz CT molecular complexity index is 2120. The van der Waals surface area contributed by atoms with Crippen molar-refractivity contribution in [2.45, 2.75) is 58.5 Å². The molecule has 1 fully saturated rings. The lowest BCUT2D eigenvalue weighted by Crippen LogP contribution is -2.37. The van der Waals surface area contributed by atoms with Gasteiger partial charge in [0.05, 0.1) is 12.1 Å². The topological polar surface area (TPSA) is 105 Å². The number of nitrogens with zero attached hydrogens (tertiary/aromatic N) is 6. The average molecular weight is 676 g/mol. The number of pyridine rings is 1. The molecule has 1 N–H and O–H groups in total. The number of amides is 1. The number of halogens is 1. The molecular formula is C37H34ClN7O2S. The van der Waals surface area contributed by atoms with Gasteiger partial charge in [0.1, 0.15) is 28.5 Å². The highest BCUT2D eigenvalue weighted by atomic mass is 35.5. The lowest BCUT2D eigenvalue weighted by Gasteiger charge is -2.19. The van der Waals surface area contributed by atoms with Crippen LogP contribution in [0.2, 0.25) is 5.02 Å². The zero-order chi connectivity index (χ0) is 33.1. The van der Waals surface area contributed by atoms with Crippen LogP contribution in [0.5, 0.6) is 0 Å². The third kappa shape index (κ3) is 5.52. The Hall–Kier alpha value is -4.67. The average Bonchev–Trinajstić information content (AvgIpc) is 3.84. The first-order valence-electron chi connectivity index (χ1n) is 16.2. The quantitative estimate of drug-likeness (QED) is 0.226. The summed E-state index contributed by atoms with van der Waals surface area (Å²) >= 11 is 7.94. The second kappa shape index (κ2) is 12.1. The Morgan fingerprint density at radius 1 is 0.979 bits per heavy atom. The second-order valence-electron chi connectivity index (χ2n) is 12.9. The van der Waals surface area contributed by atoms with Crippen LogP contribution in [0.25, 0.3) is 16.1 Å². The van der Waals surface area contributed by atoms with Crippen LogP contribution in [0.3, 0.4) is 0 Å². The van der Waals surface area contributed by atoms with Crippen molar-refractivity contribution in [3.8, 4) is 16.1 Å². The molecule has 8 rings (SSSR count). The van der Waals surface area contributed by atoms with Crippen LogP contribution in [0, 0.1) is 20.8 Å². The monoisotopic (exact) mass is 675 g/mol. The van der Waals surface area contributed by atoms with Gasteiger partial charge in [0.15, 0.2) is 5.82 Å². The molecule has 0 saturated carbocycles. The summed E-state index contributed by atoms with van der Waals surface area (Å²) in [5.74, 6) is 2.52. The van der Waals surface area contributed by atoms with Gasteiger partial charge in [0.25, 0.3) is 0 Å². The number of fused-ring (bicyclic) bond motifs is 4. The minimum absolute atomic E-state index is 0.00941. The molecule has 9 nitrogen and oxygen atoms in total. The van der Waals surface area contributed by atoms with E-state index >= 15 is 0 Å². The molecule has 0 bridgehead atoms. The number of hydrogen-bond donors (Lipinski definition) is 1. The number of aryl methyl sites for hydroxylation is 2. The van der Waals surface area contributed by atoms with E-state index in [2.05, 4.69) is 63.1 Å². The van der Waals surface area contributed by atoms with Gasteiger partial charge in [-0.15, -0.1) is 21.5 Å². The minimum Gasteiger partial charge on any atom is -0.354 e. The summed E-state index contributed by atoms with van der Waals surface area (Å²) in [6, 6.07) is 17.5. The standard InChI is InChI=1S/C37H34ClN7O2S/c1-20-21(2)48-37-34(20)35(23-6-9-28(38)10-7-23)41-31(36-43-42-22(3)45(36)37)17-33(47)40-29-12-13-44(19-29)32-11-8-26(18-39-32)24-4-5-25-15-30(46)16-27(25)14-24/h4-11,14,18,29,31H,12-13,15-17,19H2,1-3H3,(H,40,47)/t29?,31-/m0/s1. The molecule has 0 spiro atoms. The molecular weight excluding hydrogens is 642 g/mol. The van der Waals surface area contributed by atoms with Crippen LogP contribution in [-0.2, 0) is 22.4 Å². The minimum atomic E-state index is -0.514. The lowest BCUT2D eigenvalue weighted by atomic mass is 9.99. The maximum atomic E-state index is 13.7. The molecule has 1 saturated heterocycles. The molecule has 1 aliphatic carbocycles. The van der Waals surface area contributed by atoms with E-state index in [9.17, 15) is 9.59 Å². The summed E-state index contributed by atoms with van der Waals surface area (Å²) in [4.78, 5) is 38.9. The van der Waals surface area contributed by atoms with Crippen molar-refractivity contribution in [3.05, 3.63) is 110 Å². The maximum Gasteiger partial charge on any atom is 0.222 e. The van der Waals surface area contributed by atoms with Crippen LogP contribution in [-0.4, -0.2) is 56.3 Å². The lowest BCUT2D eigenvalue weighted by molar-refractivity contribution is -0.122. The van der Waals surface area contributed by atoms with E-state index in [-0.39, 0.29) is 24.2 Å². The zero-order valence-electron chi connectivity index (χ0n) is 27.0. The molecule has 11 heteroatoms. The third-order valence-corrected chi connectivity index (χ3v) is 11.1. The fourth-order valence-electron chi connectivity index (χ4n) is 7.05. The first-order chi connectivity index (χ1) is 23.2. The Balaban J connectivity index is 0.990. The highest BCUT2D eigenvalue weighted by molar-refractivity contribution is 7.15. The van der Waals surface area contributed by atoms with Crippen molar-refractivity contribution in [2.75, 3.05) is 18.0 Å². The number of aliphatic imine (C=N–C) groups is 1. The van der Waals surface area contributed by atoms with Crippen LogP contribution in [0.4, 0.5) is 5.82 Å². The number of Topliss-reactive ketones (excluding diaryl/α,β-unsaturated/α-hetero) is 1. The number of benzene rings is 2. The fourth-order valence-corrected chi connectivity index (χ4v) is 8.39. The smallest absolute Gasteiger partial charge is 0.222 e. The van der Waals surface area contributed by atoms with Gasteiger partial charge < -0.3 is 10.2 Å². The molecule has 0 radical (unpaired) electrons. The van der Waals surface area contributed by atoms with Crippen LogP contribution < -0.4 is 10.2 Å². The highest BCUT2D eigenvalue weighted by Crippen LogP contribution is 2.39. The Morgan fingerprint density at radius 2 is 1.75 bits per heavy atom. The predicted octanol–water partition coefficient (Wildman–Crippen LogP) is 6.31. The fraction of sp³-hybridized carbons (Fsp3) is 0.297. The molecule has 2 atom stereocenters. The van der Waals surface area contributed by atoms with E-state index in [1.807, 2.05) is 43.5 Å².